The van der Waals surface area contributed by atoms with Gasteiger partial charge in [0.25, 0.3) is 0 Å². The van der Waals surface area contributed by atoms with Gasteiger partial charge in [-0.3, -0.25) is 9.78 Å². The second kappa shape index (κ2) is 8.60. The number of hydrogen-bond acceptors (Lipinski definition) is 4. The van der Waals surface area contributed by atoms with E-state index in [4.69, 9.17) is 0 Å². The van der Waals surface area contributed by atoms with Gasteiger partial charge in [0.15, 0.2) is 0 Å². The minimum absolute atomic E-state index is 0.139. The third-order valence-corrected chi connectivity index (χ3v) is 4.87. The molecule has 1 fully saturated rings. The molecule has 2 aromatic rings. The van der Waals surface area contributed by atoms with Gasteiger partial charge in [-0.05, 0) is 49.1 Å². The third-order valence-electron chi connectivity index (χ3n) is 4.87. The highest BCUT2D eigenvalue weighted by atomic mass is 16.1. The first-order valence-corrected chi connectivity index (χ1v) is 9.09. The highest BCUT2D eigenvalue weighted by molar-refractivity contribution is 5.92. The number of aromatic nitrogens is 2. The zero-order valence-electron chi connectivity index (χ0n) is 14.8. The maximum atomic E-state index is 12.3. The lowest BCUT2D eigenvalue weighted by Crippen LogP contribution is -2.25. The molecule has 1 saturated carbocycles. The van der Waals surface area contributed by atoms with Crippen LogP contribution in [0.3, 0.4) is 0 Å². The number of carbonyl (C=O) groups excluding carboxylic acids is 1. The lowest BCUT2D eigenvalue weighted by atomic mass is 9.88. The Hall–Kier alpha value is -2.43. The van der Waals surface area contributed by atoms with Gasteiger partial charge in [-0.2, -0.15) is 0 Å². The van der Waals surface area contributed by atoms with Gasteiger partial charge < -0.3 is 10.2 Å². The van der Waals surface area contributed by atoms with E-state index >= 15 is 0 Å². The van der Waals surface area contributed by atoms with Crippen LogP contribution >= 0.6 is 0 Å². The first kappa shape index (κ1) is 17.4. The van der Waals surface area contributed by atoms with Gasteiger partial charge in [-0.1, -0.05) is 19.3 Å². The predicted molar refractivity (Wildman–Crippen MR) is 101 cm³/mol. The van der Waals surface area contributed by atoms with E-state index in [2.05, 4.69) is 20.2 Å². The van der Waals surface area contributed by atoms with E-state index in [0.29, 0.717) is 0 Å². The van der Waals surface area contributed by atoms with Crippen LogP contribution in [0.4, 0.5) is 11.5 Å². The summed E-state index contributed by atoms with van der Waals surface area (Å²) >= 11 is 0. The quantitative estimate of drug-likeness (QED) is 0.873. The summed E-state index contributed by atoms with van der Waals surface area (Å²) in [4.78, 5) is 22.9. The van der Waals surface area contributed by atoms with Crippen LogP contribution in [0.15, 0.2) is 42.9 Å². The number of nitrogens with zero attached hydrogens (tertiary/aromatic N) is 3. The summed E-state index contributed by atoms with van der Waals surface area (Å²) < 4.78 is 0. The predicted octanol–water partition coefficient (Wildman–Crippen LogP) is 3.67. The average molecular weight is 338 g/mol. The van der Waals surface area contributed by atoms with Crippen molar-refractivity contribution in [1.82, 2.24) is 9.97 Å². The zero-order chi connectivity index (χ0) is 17.5. The van der Waals surface area contributed by atoms with Crippen molar-refractivity contribution in [3.05, 3.63) is 48.4 Å². The van der Waals surface area contributed by atoms with Crippen molar-refractivity contribution in [3.63, 3.8) is 0 Å². The minimum atomic E-state index is 0.139. The summed E-state index contributed by atoms with van der Waals surface area (Å²) in [6.07, 6.45) is 11.9. The molecule has 132 valence electrons. The molecular formula is C20H26N4O. The van der Waals surface area contributed by atoms with E-state index in [1.807, 2.05) is 43.7 Å². The van der Waals surface area contributed by atoms with E-state index in [-0.39, 0.29) is 11.8 Å². The van der Waals surface area contributed by atoms with Crippen molar-refractivity contribution in [2.45, 2.75) is 38.5 Å². The summed E-state index contributed by atoms with van der Waals surface area (Å²) in [5.41, 5.74) is 2.04. The molecule has 0 saturated heterocycles. The standard InChI is InChI=1S/C20H26N4O/c1-24(14-11-16-9-12-21-13-10-16)19-8-7-18(15-22-19)23-20(25)17-5-3-2-4-6-17/h7-10,12-13,15,17H,2-6,11,14H2,1H3,(H,23,25). The first-order chi connectivity index (χ1) is 12.2. The van der Waals surface area contributed by atoms with Crippen molar-refractivity contribution >= 4 is 17.4 Å². The van der Waals surface area contributed by atoms with E-state index < -0.39 is 0 Å². The van der Waals surface area contributed by atoms with Gasteiger partial charge >= 0.3 is 0 Å². The van der Waals surface area contributed by atoms with E-state index in [1.165, 1.54) is 12.0 Å². The number of nitrogens with one attached hydrogen (secondary N) is 1. The Morgan fingerprint density at radius 3 is 2.60 bits per heavy atom. The third kappa shape index (κ3) is 5.02. The van der Waals surface area contributed by atoms with Crippen LogP contribution in [0.2, 0.25) is 0 Å². The first-order valence-electron chi connectivity index (χ1n) is 9.09. The lowest BCUT2D eigenvalue weighted by Gasteiger charge is -2.21. The number of pyridine rings is 2. The van der Waals surface area contributed by atoms with Gasteiger partial charge in [0, 0.05) is 31.9 Å². The number of rotatable bonds is 6. The fraction of sp³-hybridized carbons (Fsp3) is 0.450. The molecule has 0 atom stereocenters. The highest BCUT2D eigenvalue weighted by Gasteiger charge is 2.21. The summed E-state index contributed by atoms with van der Waals surface area (Å²) in [6, 6.07) is 7.96. The molecule has 0 spiro atoms. The van der Waals surface area contributed by atoms with Crippen molar-refractivity contribution in [3.8, 4) is 0 Å². The second-order valence-corrected chi connectivity index (χ2v) is 6.76. The average Bonchev–Trinajstić information content (AvgIpc) is 2.68. The summed E-state index contributed by atoms with van der Waals surface area (Å²) in [7, 11) is 2.03. The van der Waals surface area contributed by atoms with E-state index in [1.54, 1.807) is 6.20 Å². The Morgan fingerprint density at radius 2 is 1.92 bits per heavy atom. The molecule has 1 amide bonds. The van der Waals surface area contributed by atoms with Gasteiger partial charge in [0.05, 0.1) is 11.9 Å². The van der Waals surface area contributed by atoms with Crippen LogP contribution in [0.1, 0.15) is 37.7 Å². The maximum absolute atomic E-state index is 12.3. The van der Waals surface area contributed by atoms with Gasteiger partial charge in [-0.25, -0.2) is 4.98 Å². The number of likely N-dealkylation sites (N-methyl/N-ethyl adjacent to an activating group) is 1. The number of hydrogen-bond donors (Lipinski definition) is 1. The molecular weight excluding hydrogens is 312 g/mol. The molecule has 2 aromatic heterocycles. The Bertz CT molecular complexity index is 666. The maximum Gasteiger partial charge on any atom is 0.227 e. The molecule has 1 aliphatic carbocycles. The van der Waals surface area contributed by atoms with Gasteiger partial charge in [-0.15, -0.1) is 0 Å². The van der Waals surface area contributed by atoms with Crippen LogP contribution in [-0.4, -0.2) is 29.5 Å². The van der Waals surface area contributed by atoms with E-state index in [9.17, 15) is 4.79 Å². The fourth-order valence-corrected chi connectivity index (χ4v) is 3.26. The topological polar surface area (TPSA) is 58.1 Å². The number of amides is 1. The van der Waals surface area contributed by atoms with E-state index in [0.717, 1.165) is 50.2 Å². The second-order valence-electron chi connectivity index (χ2n) is 6.76. The molecule has 2 heterocycles. The molecule has 1 aliphatic rings. The van der Waals surface area contributed by atoms with Crippen LogP contribution in [0.25, 0.3) is 0 Å². The van der Waals surface area contributed by atoms with Crippen LogP contribution in [-0.2, 0) is 11.2 Å². The largest absolute Gasteiger partial charge is 0.359 e. The molecule has 0 bridgehead atoms. The smallest absolute Gasteiger partial charge is 0.227 e. The Balaban J connectivity index is 1.51. The summed E-state index contributed by atoms with van der Waals surface area (Å²) in [5.74, 6) is 1.21. The normalized spacial score (nSPS) is 14.9. The highest BCUT2D eigenvalue weighted by Crippen LogP contribution is 2.25. The SMILES string of the molecule is CN(CCc1ccncc1)c1ccc(NC(=O)C2CCCCC2)cn1. The molecule has 0 unspecified atom stereocenters. The zero-order valence-corrected chi connectivity index (χ0v) is 14.8. The molecule has 5 nitrogen and oxygen atoms in total. The van der Waals surface area contributed by atoms with Gasteiger partial charge in [0.1, 0.15) is 5.82 Å². The van der Waals surface area contributed by atoms with Crippen LogP contribution < -0.4 is 10.2 Å². The Labute approximate surface area is 149 Å². The van der Waals surface area contributed by atoms with Crippen LogP contribution in [0, 0.1) is 5.92 Å². The molecule has 1 N–H and O–H groups in total. The Kier molecular flexibility index (Phi) is 5.99. The summed E-state index contributed by atoms with van der Waals surface area (Å²) in [6.45, 7) is 0.880. The molecule has 0 aliphatic heterocycles. The molecule has 5 heteroatoms. The van der Waals surface area contributed by atoms with Crippen molar-refractivity contribution in [2.24, 2.45) is 5.92 Å². The molecule has 25 heavy (non-hydrogen) atoms. The molecule has 0 radical (unpaired) electrons. The molecule has 0 aromatic carbocycles. The van der Waals surface area contributed by atoms with Gasteiger partial charge in [0.2, 0.25) is 5.91 Å². The monoisotopic (exact) mass is 338 g/mol. The summed E-state index contributed by atoms with van der Waals surface area (Å²) in [5, 5.41) is 3.01. The number of carbonyl (C=O) groups is 1. The Morgan fingerprint density at radius 1 is 1.16 bits per heavy atom. The minimum Gasteiger partial charge on any atom is -0.359 e. The fourth-order valence-electron chi connectivity index (χ4n) is 3.26. The van der Waals surface area contributed by atoms with Crippen LogP contribution in [0.5, 0.6) is 0 Å². The lowest BCUT2D eigenvalue weighted by molar-refractivity contribution is -0.120. The van der Waals surface area contributed by atoms with Crippen molar-refractivity contribution in [1.29, 1.82) is 0 Å². The number of anilines is 2. The van der Waals surface area contributed by atoms with Crippen molar-refractivity contribution in [2.75, 3.05) is 23.8 Å². The van der Waals surface area contributed by atoms with Crippen molar-refractivity contribution < 1.29 is 4.79 Å². The molecule has 3 rings (SSSR count).